The van der Waals surface area contributed by atoms with Crippen LogP contribution < -0.4 is 34.6 Å². The smallest absolute Gasteiger partial charge is 0.509 e. The normalized spacial score (nSPS) is 12.3. The maximum absolute atomic E-state index is 6.99. The minimum atomic E-state index is -2.88. The molecule has 422 valence electrons. The number of para-hydroxylation sites is 2. The van der Waals surface area contributed by atoms with Crippen LogP contribution in [0.25, 0.3) is 61.0 Å². The minimum absolute atomic E-state index is 0. The van der Waals surface area contributed by atoms with E-state index in [-0.39, 0.29) is 31.9 Å². The fraction of sp³-hybridized carbons (Fsp3) is 0.100. The third kappa shape index (κ3) is 10.3. The van der Waals surface area contributed by atoms with E-state index in [0.29, 0.717) is 11.5 Å². The van der Waals surface area contributed by atoms with Crippen LogP contribution in [0.1, 0.15) is 52.7 Å². The van der Waals surface area contributed by atoms with Gasteiger partial charge < -0.3 is 9.30 Å². The Bertz CT molecular complexity index is 4620. The Morgan fingerprint density at radius 1 is 0.425 bits per heavy atom. The molecule has 0 bridgehead atoms. The van der Waals surface area contributed by atoms with Gasteiger partial charge in [-0.05, 0) is 106 Å². The van der Waals surface area contributed by atoms with Crippen molar-refractivity contribution in [3.8, 4) is 50.7 Å². The van der Waals surface area contributed by atoms with Gasteiger partial charge in [0.25, 0.3) is 5.69 Å². The average molecular weight is 1320 g/mol. The summed E-state index contributed by atoms with van der Waals surface area (Å²) in [4.78, 5) is 5.10. The molecule has 0 saturated carbocycles. The number of hydrogen-bond acceptors (Lipinski definition) is 2. The maximum Gasteiger partial charge on any atom is 2.00 e. The van der Waals surface area contributed by atoms with Crippen LogP contribution in [-0.2, 0) is 31.9 Å². The van der Waals surface area contributed by atoms with Crippen molar-refractivity contribution in [1.82, 2.24) is 18.7 Å². The first-order valence-electron chi connectivity index (χ1n) is 29.6. The first-order chi connectivity index (χ1) is 41.9. The molecular formula is C80H64N4OPtSi+2. The zero-order valence-electron chi connectivity index (χ0n) is 49.6. The zero-order chi connectivity index (χ0) is 58.6. The molecule has 0 N–H and O–H groups in total. The maximum atomic E-state index is 6.99. The van der Waals surface area contributed by atoms with E-state index in [1.165, 1.54) is 31.9 Å². The molecule has 13 aromatic rings. The van der Waals surface area contributed by atoms with Crippen LogP contribution in [0.15, 0.2) is 279 Å². The molecule has 0 fully saturated rings. The van der Waals surface area contributed by atoms with Gasteiger partial charge in [0.1, 0.15) is 11.5 Å². The van der Waals surface area contributed by atoms with Crippen molar-refractivity contribution in [2.45, 2.75) is 52.4 Å². The molecule has 14 rings (SSSR count). The van der Waals surface area contributed by atoms with Crippen molar-refractivity contribution in [2.24, 2.45) is 0 Å². The van der Waals surface area contributed by atoms with Crippen molar-refractivity contribution >= 4 is 79.4 Å². The number of hydrogen-bond donors (Lipinski definition) is 0. The van der Waals surface area contributed by atoms with Crippen LogP contribution in [0.4, 0.5) is 22.7 Å². The Morgan fingerprint density at radius 2 is 0.943 bits per heavy atom. The summed E-state index contributed by atoms with van der Waals surface area (Å²) in [6.45, 7) is 13.6. The second kappa shape index (κ2) is 23.0. The number of aromatic nitrogens is 2. The number of nitrogens with zero attached hydrogens (tertiary/aromatic N) is 4. The molecule has 0 amide bonds. The number of rotatable bonds is 12. The SMILES string of the molecule is CC(C)(C)c1cccc(-c2cccc3c2[N+](c2c(-c4ccccc4)cccc2-c2ccccc2)=C=[N+]3c2[c-]c(Oc3[c-]c4c(cc3)c3cc([Si](c5ccccc5)(c5ccccc5)c5ccccc5)ccc3n4-c3cc(C(C)(C)C)ccn3)ccc2)c1.[Pt+2]. The van der Waals surface area contributed by atoms with Crippen LogP contribution in [0, 0.1) is 12.1 Å². The molecule has 2 aromatic heterocycles. The molecule has 1 aliphatic rings. The molecule has 0 saturated heterocycles. The Balaban J connectivity index is 0.00000700. The monoisotopic (exact) mass is 1320 g/mol. The zero-order valence-corrected chi connectivity index (χ0v) is 52.8. The van der Waals surface area contributed by atoms with E-state index in [1.807, 2.05) is 24.4 Å². The Kier molecular flexibility index (Phi) is 15.0. The molecule has 87 heavy (non-hydrogen) atoms. The van der Waals surface area contributed by atoms with Crippen LogP contribution in [0.5, 0.6) is 11.5 Å². The molecule has 0 atom stereocenters. The van der Waals surface area contributed by atoms with Gasteiger partial charge in [-0.2, -0.15) is 12.1 Å². The average Bonchev–Trinajstić information content (AvgIpc) is 1.86. The number of benzene rings is 11. The molecule has 5 nitrogen and oxygen atoms in total. The standard InChI is InChI=1S/C80H64N4OSi.Pt/c1-79(2,3)59-31-22-30-58(50-59)70-42-25-43-74-78(70)83(77-68(56-26-12-7-13-27-56)40-24-41-69(77)57-28-14-8-15-29-57)55-82(74)61-32-23-33-62(52-61)85-63-44-46-71-72-54-67(45-47-73(72)84(75(71)53-63)76-51-60(48-49-81-76)80(4,5)6)86(64-34-16-9-17-35-64,65-36-18-10-19-37-65)66-38-20-11-21-39-66;/h7-51,54H,1-6H3;/q;+2. The third-order valence-electron chi connectivity index (χ3n) is 16.9. The molecule has 0 unspecified atom stereocenters. The quantitative estimate of drug-likeness (QED) is 0.0529. The molecule has 0 spiro atoms. The van der Waals surface area contributed by atoms with E-state index < -0.39 is 8.07 Å². The molecular weight excluding hydrogens is 1260 g/mol. The number of ether oxygens (including phenoxy) is 1. The second-order valence-corrected chi connectivity index (χ2v) is 28.2. The van der Waals surface area contributed by atoms with Gasteiger partial charge in [-0.25, -0.2) is 4.98 Å². The van der Waals surface area contributed by atoms with Crippen molar-refractivity contribution in [1.29, 1.82) is 0 Å². The second-order valence-electron chi connectivity index (χ2n) is 24.4. The van der Waals surface area contributed by atoms with Gasteiger partial charge in [-0.3, -0.25) is 0 Å². The van der Waals surface area contributed by atoms with E-state index in [4.69, 9.17) is 9.72 Å². The van der Waals surface area contributed by atoms with E-state index >= 15 is 0 Å². The van der Waals surface area contributed by atoms with E-state index in [2.05, 4.69) is 328 Å². The molecule has 3 heterocycles. The third-order valence-corrected chi connectivity index (χ3v) is 21.7. The summed E-state index contributed by atoms with van der Waals surface area (Å²) in [7, 11) is -2.88. The number of fused-ring (bicyclic) bond motifs is 4. The van der Waals surface area contributed by atoms with Gasteiger partial charge in [-0.1, -0.05) is 264 Å². The van der Waals surface area contributed by atoms with Crippen molar-refractivity contribution in [3.63, 3.8) is 0 Å². The van der Waals surface area contributed by atoms with E-state index in [1.54, 1.807) is 0 Å². The predicted molar refractivity (Wildman–Crippen MR) is 361 cm³/mol. The summed E-state index contributed by atoms with van der Waals surface area (Å²) in [5, 5.41) is 7.42. The van der Waals surface area contributed by atoms with Crippen LogP contribution in [0.2, 0.25) is 0 Å². The van der Waals surface area contributed by atoms with Gasteiger partial charge in [0, 0.05) is 29.3 Å². The van der Waals surface area contributed by atoms with Crippen molar-refractivity contribution < 1.29 is 25.8 Å². The van der Waals surface area contributed by atoms with Crippen molar-refractivity contribution in [3.05, 3.63) is 302 Å². The van der Waals surface area contributed by atoms with E-state index in [0.717, 1.165) is 83.8 Å². The molecule has 0 aliphatic carbocycles. The summed E-state index contributed by atoms with van der Waals surface area (Å²) in [5.74, 6) is 1.93. The molecule has 1 aliphatic heterocycles. The van der Waals surface area contributed by atoms with Gasteiger partial charge in [-0.15, -0.1) is 23.6 Å². The Hall–Kier alpha value is -9.54. The van der Waals surface area contributed by atoms with Gasteiger partial charge in [0.05, 0.1) is 16.7 Å². The summed E-state index contributed by atoms with van der Waals surface area (Å²) in [5.41, 5.74) is 14.7. The van der Waals surface area contributed by atoms with E-state index in [9.17, 15) is 0 Å². The first kappa shape index (κ1) is 56.6. The predicted octanol–water partition coefficient (Wildman–Crippen LogP) is 17.4. The van der Waals surface area contributed by atoms with Crippen LogP contribution in [0.3, 0.4) is 0 Å². The van der Waals surface area contributed by atoms with Crippen LogP contribution >= 0.6 is 0 Å². The molecule has 11 aromatic carbocycles. The Morgan fingerprint density at radius 3 is 1.54 bits per heavy atom. The summed E-state index contributed by atoms with van der Waals surface area (Å²) < 4.78 is 13.7. The first-order valence-corrected chi connectivity index (χ1v) is 31.6. The summed E-state index contributed by atoms with van der Waals surface area (Å²) >= 11 is 0. The Labute approximate surface area is 525 Å². The molecule has 0 radical (unpaired) electrons. The van der Waals surface area contributed by atoms with Gasteiger partial charge >= 0.3 is 32.8 Å². The minimum Gasteiger partial charge on any atom is -0.509 e. The topological polar surface area (TPSA) is 33.1 Å². The molecule has 7 heteroatoms. The fourth-order valence-corrected chi connectivity index (χ4v) is 17.4. The fourth-order valence-electron chi connectivity index (χ4n) is 12.6. The van der Waals surface area contributed by atoms with Crippen molar-refractivity contribution in [2.75, 3.05) is 0 Å². The summed E-state index contributed by atoms with van der Waals surface area (Å²) in [6.07, 6.45) is 1.93. The number of pyridine rings is 1. The largest absolute Gasteiger partial charge is 2.00 e. The summed E-state index contributed by atoms with van der Waals surface area (Å²) in [6, 6.07) is 110. The van der Waals surface area contributed by atoms with Gasteiger partial charge in [0.15, 0.2) is 8.07 Å². The van der Waals surface area contributed by atoms with Crippen LogP contribution in [-0.4, -0.2) is 23.6 Å². The van der Waals surface area contributed by atoms with Gasteiger partial charge in [0.2, 0.25) is 5.69 Å².